The molecule has 0 aliphatic rings. The van der Waals surface area contributed by atoms with Gasteiger partial charge in [-0.15, -0.1) is 0 Å². The Labute approximate surface area is 105 Å². The van der Waals surface area contributed by atoms with Gasteiger partial charge in [-0.1, -0.05) is 13.8 Å². The van der Waals surface area contributed by atoms with Gasteiger partial charge in [0.2, 0.25) is 0 Å². The van der Waals surface area contributed by atoms with Crippen molar-refractivity contribution in [3.8, 4) is 0 Å². The Hall–Kier alpha value is -0.870. The second kappa shape index (κ2) is 6.77. The normalized spacial score (nSPS) is 11.7. The third-order valence-electron chi connectivity index (χ3n) is 2.76. The fraction of sp³-hybridized carbons (Fsp3) is 0.769. The van der Waals surface area contributed by atoms with Crippen LogP contribution in [0.4, 0.5) is 0 Å². The molecule has 0 aromatic carbocycles. The van der Waals surface area contributed by atoms with Gasteiger partial charge in [0, 0.05) is 25.4 Å². The number of nitrogens with one attached hydrogen (secondary N) is 1. The van der Waals surface area contributed by atoms with E-state index in [1.807, 2.05) is 11.7 Å². The molecule has 0 bridgehead atoms. The van der Waals surface area contributed by atoms with Gasteiger partial charge in [0.25, 0.3) is 0 Å². The minimum absolute atomic E-state index is 0.495. The number of hydrogen-bond donors (Lipinski definition) is 1. The average Bonchev–Trinajstić information content (AvgIpc) is 2.59. The van der Waals surface area contributed by atoms with Crippen molar-refractivity contribution < 1.29 is 0 Å². The van der Waals surface area contributed by atoms with Crippen molar-refractivity contribution in [2.75, 3.05) is 27.2 Å². The van der Waals surface area contributed by atoms with Crippen LogP contribution >= 0.6 is 0 Å². The summed E-state index contributed by atoms with van der Waals surface area (Å²) in [5.74, 6) is 0.495. The molecule has 1 rings (SSSR count). The molecule has 0 amide bonds. The van der Waals surface area contributed by atoms with Crippen LogP contribution in [0.1, 0.15) is 37.4 Å². The predicted octanol–water partition coefficient (Wildman–Crippen LogP) is 1.58. The van der Waals surface area contributed by atoms with Gasteiger partial charge in [-0.25, -0.2) is 0 Å². The van der Waals surface area contributed by atoms with E-state index < -0.39 is 0 Å². The number of aromatic nitrogens is 2. The van der Waals surface area contributed by atoms with E-state index in [0.29, 0.717) is 5.92 Å². The highest BCUT2D eigenvalue weighted by atomic mass is 15.3. The summed E-state index contributed by atoms with van der Waals surface area (Å²) in [5, 5.41) is 7.99. The van der Waals surface area contributed by atoms with Gasteiger partial charge < -0.3 is 10.2 Å². The Morgan fingerprint density at radius 1 is 1.41 bits per heavy atom. The van der Waals surface area contributed by atoms with Gasteiger partial charge in [-0.05, 0) is 39.5 Å². The lowest BCUT2D eigenvalue weighted by Gasteiger charge is -2.10. The maximum atomic E-state index is 4.51. The lowest BCUT2D eigenvalue weighted by Crippen LogP contribution is -2.21. The fourth-order valence-corrected chi connectivity index (χ4v) is 1.92. The maximum Gasteiger partial charge on any atom is 0.0694 e. The molecule has 1 aromatic rings. The average molecular weight is 238 g/mol. The van der Waals surface area contributed by atoms with Crippen molar-refractivity contribution in [3.05, 3.63) is 17.5 Å². The van der Waals surface area contributed by atoms with E-state index >= 15 is 0 Å². The highest BCUT2D eigenvalue weighted by Crippen LogP contribution is 2.16. The van der Waals surface area contributed by atoms with Gasteiger partial charge in [0.1, 0.15) is 0 Å². The highest BCUT2D eigenvalue weighted by molar-refractivity contribution is 5.19. The molecule has 0 aliphatic heterocycles. The molecule has 1 heterocycles. The lowest BCUT2D eigenvalue weighted by atomic mass is 10.1. The summed E-state index contributed by atoms with van der Waals surface area (Å²) in [6, 6.07) is 0. The van der Waals surface area contributed by atoms with Crippen molar-refractivity contribution >= 4 is 0 Å². The van der Waals surface area contributed by atoms with Crippen LogP contribution in [-0.2, 0) is 13.6 Å². The maximum absolute atomic E-state index is 4.51. The van der Waals surface area contributed by atoms with E-state index in [2.05, 4.69) is 49.5 Å². The quantitative estimate of drug-likeness (QED) is 0.732. The predicted molar refractivity (Wildman–Crippen MR) is 72.2 cm³/mol. The van der Waals surface area contributed by atoms with E-state index in [1.54, 1.807) is 0 Å². The molecule has 1 aromatic heterocycles. The first-order valence-corrected chi connectivity index (χ1v) is 6.38. The molecule has 0 spiro atoms. The third-order valence-corrected chi connectivity index (χ3v) is 2.76. The van der Waals surface area contributed by atoms with Gasteiger partial charge in [0.05, 0.1) is 5.69 Å². The summed E-state index contributed by atoms with van der Waals surface area (Å²) in [6.45, 7) is 7.51. The first-order valence-electron chi connectivity index (χ1n) is 6.38. The highest BCUT2D eigenvalue weighted by Gasteiger charge is 2.10. The third kappa shape index (κ3) is 4.88. The largest absolute Gasteiger partial charge is 0.312 e. The second-order valence-electron chi connectivity index (χ2n) is 5.20. The van der Waals surface area contributed by atoms with Crippen LogP contribution in [0.3, 0.4) is 0 Å². The summed E-state index contributed by atoms with van der Waals surface area (Å²) in [7, 11) is 6.21. The molecule has 17 heavy (non-hydrogen) atoms. The van der Waals surface area contributed by atoms with Crippen molar-refractivity contribution in [2.24, 2.45) is 7.05 Å². The van der Waals surface area contributed by atoms with E-state index in [1.165, 1.54) is 17.7 Å². The van der Waals surface area contributed by atoms with Crippen molar-refractivity contribution in [1.82, 2.24) is 20.0 Å². The van der Waals surface area contributed by atoms with Crippen LogP contribution in [0, 0.1) is 0 Å². The number of nitrogens with zero attached hydrogens (tertiary/aromatic N) is 3. The number of rotatable bonds is 7. The minimum Gasteiger partial charge on any atom is -0.312 e. The van der Waals surface area contributed by atoms with Crippen molar-refractivity contribution in [1.29, 1.82) is 0 Å². The number of aryl methyl sites for hydroxylation is 1. The first-order chi connectivity index (χ1) is 8.00. The van der Waals surface area contributed by atoms with Crippen LogP contribution in [0.15, 0.2) is 6.20 Å². The molecule has 4 nitrogen and oxygen atoms in total. The van der Waals surface area contributed by atoms with Crippen LogP contribution in [0.2, 0.25) is 0 Å². The zero-order valence-corrected chi connectivity index (χ0v) is 11.8. The van der Waals surface area contributed by atoms with E-state index in [9.17, 15) is 0 Å². The first kappa shape index (κ1) is 14.2. The monoisotopic (exact) mass is 238 g/mol. The van der Waals surface area contributed by atoms with Crippen LogP contribution in [0.25, 0.3) is 0 Å². The van der Waals surface area contributed by atoms with Crippen LogP contribution in [-0.4, -0.2) is 41.9 Å². The molecular weight excluding hydrogens is 212 g/mol. The van der Waals surface area contributed by atoms with Crippen molar-refractivity contribution in [3.63, 3.8) is 0 Å². The Morgan fingerprint density at radius 3 is 2.71 bits per heavy atom. The molecule has 0 unspecified atom stereocenters. The smallest absolute Gasteiger partial charge is 0.0694 e. The molecule has 0 atom stereocenters. The summed E-state index contributed by atoms with van der Waals surface area (Å²) in [5.41, 5.74) is 2.54. The van der Waals surface area contributed by atoms with Gasteiger partial charge >= 0.3 is 0 Å². The van der Waals surface area contributed by atoms with Crippen LogP contribution in [0.5, 0.6) is 0 Å². The topological polar surface area (TPSA) is 33.1 Å². The standard InChI is InChI=1S/C13H26N4/c1-11(2)13-12(10-17(5)15-13)9-14-7-6-8-16(3)4/h10-11,14H,6-9H2,1-5H3. The summed E-state index contributed by atoms with van der Waals surface area (Å²) >= 11 is 0. The van der Waals surface area contributed by atoms with Gasteiger partial charge in [-0.2, -0.15) is 5.10 Å². The Morgan fingerprint density at radius 2 is 2.12 bits per heavy atom. The minimum atomic E-state index is 0.495. The van der Waals surface area contributed by atoms with Gasteiger partial charge in [-0.3, -0.25) is 4.68 Å². The van der Waals surface area contributed by atoms with Gasteiger partial charge in [0.15, 0.2) is 0 Å². The van der Waals surface area contributed by atoms with Crippen molar-refractivity contribution in [2.45, 2.75) is 32.7 Å². The number of hydrogen-bond acceptors (Lipinski definition) is 3. The zero-order valence-electron chi connectivity index (χ0n) is 11.8. The Bertz CT molecular complexity index is 328. The summed E-state index contributed by atoms with van der Waals surface area (Å²) in [4.78, 5) is 2.21. The zero-order chi connectivity index (χ0) is 12.8. The van der Waals surface area contributed by atoms with E-state index in [4.69, 9.17) is 0 Å². The molecule has 0 saturated heterocycles. The molecule has 0 aliphatic carbocycles. The summed E-state index contributed by atoms with van der Waals surface area (Å²) in [6.07, 6.45) is 3.30. The van der Waals surface area contributed by atoms with E-state index in [0.717, 1.165) is 19.6 Å². The molecule has 0 fully saturated rings. The van der Waals surface area contributed by atoms with E-state index in [-0.39, 0.29) is 0 Å². The molecule has 98 valence electrons. The molecule has 0 saturated carbocycles. The molecule has 0 radical (unpaired) electrons. The molecular formula is C13H26N4. The van der Waals surface area contributed by atoms with Crippen LogP contribution < -0.4 is 5.32 Å². The second-order valence-corrected chi connectivity index (χ2v) is 5.20. The summed E-state index contributed by atoms with van der Waals surface area (Å²) < 4.78 is 1.91. The lowest BCUT2D eigenvalue weighted by molar-refractivity contribution is 0.394. The Kier molecular flexibility index (Phi) is 5.65. The molecule has 4 heteroatoms. The molecule has 1 N–H and O–H groups in total. The fourth-order valence-electron chi connectivity index (χ4n) is 1.92. The SMILES string of the molecule is CC(C)c1nn(C)cc1CNCCCN(C)C. The Balaban J connectivity index is 2.36.